The third-order valence-corrected chi connectivity index (χ3v) is 8.58. The van der Waals surface area contributed by atoms with Gasteiger partial charge in [-0.2, -0.15) is 0 Å². The Morgan fingerprint density at radius 2 is 1.53 bits per heavy atom. The third-order valence-electron chi connectivity index (χ3n) is 7.63. The minimum absolute atomic E-state index is 0.175. The first-order valence-electron chi connectivity index (χ1n) is 12.6. The van der Waals surface area contributed by atoms with E-state index in [4.69, 9.17) is 0 Å². The summed E-state index contributed by atoms with van der Waals surface area (Å²) in [5, 5.41) is 12.7. The summed E-state index contributed by atoms with van der Waals surface area (Å²) in [7, 11) is 0. The first-order chi connectivity index (χ1) is 18.2. The van der Waals surface area contributed by atoms with Gasteiger partial charge in [0.05, 0.1) is 12.0 Å². The number of aliphatic carboxylic acids is 1. The summed E-state index contributed by atoms with van der Waals surface area (Å²) in [4.78, 5) is 44.2. The van der Waals surface area contributed by atoms with Crippen LogP contribution in [0.4, 0.5) is 0 Å². The zero-order valence-corrected chi connectivity index (χ0v) is 22.3. The summed E-state index contributed by atoms with van der Waals surface area (Å²) < 4.78 is 0. The van der Waals surface area contributed by atoms with E-state index in [2.05, 4.69) is 0 Å². The number of benzene rings is 3. The second-order valence-electron chi connectivity index (χ2n) is 10.1. The summed E-state index contributed by atoms with van der Waals surface area (Å²) in [6.07, 6.45) is 0. The molecule has 1 aromatic heterocycles. The highest BCUT2D eigenvalue weighted by molar-refractivity contribution is 7.10. The molecule has 3 aromatic carbocycles. The first-order valence-corrected chi connectivity index (χ1v) is 13.4. The maximum absolute atomic E-state index is 14.4. The molecule has 1 aliphatic heterocycles. The molecule has 1 aliphatic rings. The van der Waals surface area contributed by atoms with Crippen LogP contribution in [0, 0.1) is 19.8 Å². The molecule has 4 unspecified atom stereocenters. The fourth-order valence-electron chi connectivity index (χ4n) is 5.76. The molecule has 2 heterocycles. The Morgan fingerprint density at radius 1 is 0.816 bits per heavy atom. The Balaban J connectivity index is 1.81. The van der Waals surface area contributed by atoms with Gasteiger partial charge >= 0.3 is 5.97 Å². The van der Waals surface area contributed by atoms with Crippen LogP contribution in [-0.2, 0) is 4.79 Å². The summed E-state index contributed by atoms with van der Waals surface area (Å²) >= 11 is 1.42. The van der Waals surface area contributed by atoms with Gasteiger partial charge in [-0.3, -0.25) is 9.59 Å². The maximum Gasteiger partial charge on any atom is 0.330 e. The number of thiophene rings is 1. The lowest BCUT2D eigenvalue weighted by Gasteiger charge is -2.37. The smallest absolute Gasteiger partial charge is 0.330 e. The lowest BCUT2D eigenvalue weighted by Crippen LogP contribution is -2.54. The fraction of sp³-hybridized carbons (Fsp3) is 0.219. The van der Waals surface area contributed by atoms with E-state index in [1.807, 2.05) is 73.8 Å². The molecule has 0 bridgehead atoms. The largest absolute Gasteiger partial charge is 0.479 e. The number of aryl methyl sites for hydroxylation is 2. The van der Waals surface area contributed by atoms with E-state index in [0.29, 0.717) is 11.1 Å². The summed E-state index contributed by atoms with van der Waals surface area (Å²) in [5.74, 6) is -3.30. The molecule has 5 nitrogen and oxygen atoms in total. The van der Waals surface area contributed by atoms with Gasteiger partial charge in [0, 0.05) is 21.9 Å². The Labute approximate surface area is 226 Å². The van der Waals surface area contributed by atoms with E-state index in [0.717, 1.165) is 21.6 Å². The minimum Gasteiger partial charge on any atom is -0.479 e. The van der Waals surface area contributed by atoms with Gasteiger partial charge in [0.2, 0.25) is 0 Å². The predicted octanol–water partition coefficient (Wildman–Crippen LogP) is 6.69. The number of carboxylic acids is 1. The Morgan fingerprint density at radius 3 is 2.13 bits per heavy atom. The average molecular weight is 524 g/mol. The molecule has 0 spiro atoms. The number of ketones is 1. The van der Waals surface area contributed by atoms with E-state index in [9.17, 15) is 19.5 Å². The summed E-state index contributed by atoms with van der Waals surface area (Å²) in [5.41, 5.74) is 1.93. The molecule has 4 aromatic rings. The molecule has 38 heavy (non-hydrogen) atoms. The van der Waals surface area contributed by atoms with Crippen molar-refractivity contribution in [2.24, 2.45) is 5.92 Å². The number of hydrogen-bond donors (Lipinski definition) is 1. The summed E-state index contributed by atoms with van der Waals surface area (Å²) in [6, 6.07) is 26.7. The number of Topliss-reactive ketones (excluding diaryl/α,β-unsaturated/α-hetero) is 1. The van der Waals surface area contributed by atoms with Crippen molar-refractivity contribution in [3.63, 3.8) is 0 Å². The second kappa shape index (κ2) is 10.0. The lowest BCUT2D eigenvalue weighted by molar-refractivity contribution is -0.148. The first kappa shape index (κ1) is 25.6. The Bertz CT molecular complexity index is 1480. The molecular weight excluding hydrogens is 494 g/mol. The van der Waals surface area contributed by atoms with Gasteiger partial charge in [0.15, 0.2) is 5.78 Å². The van der Waals surface area contributed by atoms with E-state index >= 15 is 0 Å². The Hall–Kier alpha value is -4.03. The topological polar surface area (TPSA) is 74.7 Å². The van der Waals surface area contributed by atoms with Crippen LogP contribution in [0.2, 0.25) is 0 Å². The second-order valence-corrected chi connectivity index (χ2v) is 11.1. The highest BCUT2D eigenvalue weighted by Gasteiger charge is 2.65. The van der Waals surface area contributed by atoms with Crippen LogP contribution in [0.5, 0.6) is 0 Å². The van der Waals surface area contributed by atoms with Crippen molar-refractivity contribution in [1.82, 2.24) is 4.90 Å². The van der Waals surface area contributed by atoms with Gasteiger partial charge in [-0.05, 0) is 49.9 Å². The SMILES string of the molecule is Cc1ccc(C(=O)C2C(c3cccc(C)c3)N(C(=O)c3ccccc3)C(C)(C(=O)O)C2c2cccs2)cc1. The number of rotatable bonds is 6. The van der Waals surface area contributed by atoms with E-state index in [1.165, 1.54) is 16.2 Å². The van der Waals surface area contributed by atoms with Crippen molar-refractivity contribution >= 4 is 29.0 Å². The zero-order chi connectivity index (χ0) is 27.0. The van der Waals surface area contributed by atoms with Gasteiger partial charge in [-0.1, -0.05) is 83.9 Å². The number of carbonyl (C=O) groups excluding carboxylic acids is 2. The number of amides is 1. The molecule has 1 fully saturated rings. The molecule has 0 radical (unpaired) electrons. The van der Waals surface area contributed by atoms with Crippen LogP contribution in [0.1, 0.15) is 61.2 Å². The molecule has 0 saturated carbocycles. The molecule has 1 N–H and O–H groups in total. The molecule has 0 aliphatic carbocycles. The van der Waals surface area contributed by atoms with Gasteiger partial charge in [0.25, 0.3) is 5.91 Å². The van der Waals surface area contributed by atoms with Crippen LogP contribution in [0.15, 0.2) is 96.4 Å². The van der Waals surface area contributed by atoms with Crippen molar-refractivity contribution in [1.29, 1.82) is 0 Å². The van der Waals surface area contributed by atoms with Crippen LogP contribution in [-0.4, -0.2) is 33.2 Å². The highest BCUT2D eigenvalue weighted by Crippen LogP contribution is 2.57. The van der Waals surface area contributed by atoms with Gasteiger partial charge < -0.3 is 10.0 Å². The van der Waals surface area contributed by atoms with Crippen LogP contribution in [0.3, 0.4) is 0 Å². The van der Waals surface area contributed by atoms with Crippen molar-refractivity contribution in [3.05, 3.63) is 129 Å². The number of carbonyl (C=O) groups is 3. The molecular formula is C32H29NO4S. The molecule has 5 rings (SSSR count). The number of carboxylic acid groups (broad SMARTS) is 1. The molecule has 1 saturated heterocycles. The minimum atomic E-state index is -1.68. The van der Waals surface area contributed by atoms with Crippen molar-refractivity contribution < 1.29 is 19.5 Å². The van der Waals surface area contributed by atoms with E-state index in [1.54, 1.807) is 43.3 Å². The normalized spacial score (nSPS) is 22.8. The Kier molecular flexibility index (Phi) is 6.76. The predicted molar refractivity (Wildman–Crippen MR) is 149 cm³/mol. The maximum atomic E-state index is 14.4. The molecule has 1 amide bonds. The lowest BCUT2D eigenvalue weighted by atomic mass is 9.74. The quantitative estimate of drug-likeness (QED) is 0.286. The number of nitrogens with zero attached hydrogens (tertiary/aromatic N) is 1. The van der Waals surface area contributed by atoms with Crippen LogP contribution < -0.4 is 0 Å². The molecule has 192 valence electrons. The van der Waals surface area contributed by atoms with Gasteiger partial charge in [0.1, 0.15) is 5.54 Å². The van der Waals surface area contributed by atoms with Gasteiger partial charge in [-0.25, -0.2) is 4.79 Å². The third kappa shape index (κ3) is 4.25. The monoisotopic (exact) mass is 523 g/mol. The van der Waals surface area contributed by atoms with Crippen molar-refractivity contribution in [3.8, 4) is 0 Å². The fourth-order valence-corrected chi connectivity index (χ4v) is 6.76. The molecule has 4 atom stereocenters. The highest BCUT2D eigenvalue weighted by atomic mass is 32.1. The van der Waals surface area contributed by atoms with Gasteiger partial charge in [-0.15, -0.1) is 11.3 Å². The van der Waals surface area contributed by atoms with Crippen LogP contribution >= 0.6 is 11.3 Å². The van der Waals surface area contributed by atoms with Crippen molar-refractivity contribution in [2.75, 3.05) is 0 Å². The van der Waals surface area contributed by atoms with E-state index in [-0.39, 0.29) is 5.78 Å². The number of likely N-dealkylation sites (tertiary alicyclic amines) is 1. The van der Waals surface area contributed by atoms with Crippen molar-refractivity contribution in [2.45, 2.75) is 38.3 Å². The van der Waals surface area contributed by atoms with Crippen LogP contribution in [0.25, 0.3) is 0 Å². The molecule has 6 heteroatoms. The number of hydrogen-bond acceptors (Lipinski definition) is 4. The van der Waals surface area contributed by atoms with E-state index < -0.39 is 35.3 Å². The zero-order valence-electron chi connectivity index (χ0n) is 21.5. The standard InChI is InChI=1S/C32H29NO4S/c1-20-14-16-22(17-15-20)29(34)26-27(25-13-8-18-38-25)32(3,31(36)37)33(30(35)23-10-5-4-6-11-23)28(26)24-12-7-9-21(2)19-24/h4-19,26-28H,1-3H3,(H,36,37). The average Bonchev–Trinajstić information content (AvgIpc) is 3.53. The summed E-state index contributed by atoms with van der Waals surface area (Å²) in [6.45, 7) is 5.49.